The zero-order valence-electron chi connectivity index (χ0n) is 8.88. The highest BCUT2D eigenvalue weighted by molar-refractivity contribution is 5.02. The Hall–Kier alpha value is -0.520. The van der Waals surface area contributed by atoms with Crippen LogP contribution in [0.3, 0.4) is 0 Å². The molecule has 0 atom stereocenters. The summed E-state index contributed by atoms with van der Waals surface area (Å²) in [5, 5.41) is 0. The summed E-state index contributed by atoms with van der Waals surface area (Å²) in [4.78, 5) is 0. The lowest BCUT2D eigenvalue weighted by Gasteiger charge is -1.96. The molecule has 0 aliphatic carbocycles. The Balaban J connectivity index is 3.39. The molecule has 70 valence electrons. The third-order valence-corrected chi connectivity index (χ3v) is 1.60. The first-order valence-corrected chi connectivity index (χ1v) is 4.94. The van der Waals surface area contributed by atoms with Crippen LogP contribution in [0.5, 0.6) is 0 Å². The molecule has 0 fully saturated rings. The highest BCUT2D eigenvalue weighted by Crippen LogP contribution is 2.02. The zero-order chi connectivity index (χ0) is 9.40. The van der Waals surface area contributed by atoms with Gasteiger partial charge in [-0.1, -0.05) is 52.0 Å². The molecule has 0 aliphatic rings. The Morgan fingerprint density at radius 3 is 1.33 bits per heavy atom. The lowest BCUT2D eigenvalue weighted by Crippen LogP contribution is -1.81. The largest absolute Gasteiger partial charge is 0.0843 e. The van der Waals surface area contributed by atoms with E-state index in [4.69, 9.17) is 0 Å². The van der Waals surface area contributed by atoms with Crippen LogP contribution in [0.1, 0.15) is 40.5 Å². The van der Waals surface area contributed by atoms with E-state index in [9.17, 15) is 0 Å². The normalized spacial score (nSPS) is 12.8. The molecule has 0 aromatic carbocycles. The molecule has 0 radical (unpaired) electrons. The molecule has 0 spiro atoms. The summed E-state index contributed by atoms with van der Waals surface area (Å²) in [5.74, 6) is 1.56. The molecule has 0 heteroatoms. The summed E-state index contributed by atoms with van der Waals surface area (Å²) in [5.41, 5.74) is 0. The van der Waals surface area contributed by atoms with Crippen LogP contribution in [-0.2, 0) is 0 Å². The van der Waals surface area contributed by atoms with Gasteiger partial charge in [-0.05, 0) is 24.7 Å². The molecule has 0 rings (SSSR count). The first-order chi connectivity index (χ1) is 5.63. The molecule has 12 heavy (non-hydrogen) atoms. The summed E-state index contributed by atoms with van der Waals surface area (Å²) < 4.78 is 0. The van der Waals surface area contributed by atoms with Gasteiger partial charge in [0.15, 0.2) is 0 Å². The average molecular weight is 166 g/mol. The van der Waals surface area contributed by atoms with Gasteiger partial charge in [0.1, 0.15) is 0 Å². The van der Waals surface area contributed by atoms with E-state index in [0.717, 1.165) is 11.8 Å². The van der Waals surface area contributed by atoms with E-state index in [2.05, 4.69) is 52.0 Å². The lowest BCUT2D eigenvalue weighted by molar-refractivity contribution is 0.661. The van der Waals surface area contributed by atoms with E-state index < -0.39 is 0 Å². The number of allylic oxidation sites excluding steroid dienone is 4. The first-order valence-electron chi connectivity index (χ1n) is 4.94. The quantitative estimate of drug-likeness (QED) is 0.537. The number of rotatable bonds is 5. The summed E-state index contributed by atoms with van der Waals surface area (Å²) in [7, 11) is 0. The molecule has 0 bridgehead atoms. The predicted molar refractivity (Wildman–Crippen MR) is 57.2 cm³/mol. The minimum absolute atomic E-state index is 0.778. The van der Waals surface area contributed by atoms with Crippen LogP contribution in [-0.4, -0.2) is 0 Å². The highest BCUT2D eigenvalue weighted by atomic mass is 13.9. The third kappa shape index (κ3) is 9.48. The predicted octanol–water partition coefficient (Wildman–Crippen LogP) is 4.19. The Bertz CT molecular complexity index is 120. The van der Waals surface area contributed by atoms with Gasteiger partial charge >= 0.3 is 0 Å². The summed E-state index contributed by atoms with van der Waals surface area (Å²) in [6.07, 6.45) is 11.2. The van der Waals surface area contributed by atoms with E-state index in [1.54, 1.807) is 0 Å². The molecule has 0 N–H and O–H groups in total. The smallest absolute Gasteiger partial charge is 0.0324 e. The van der Waals surface area contributed by atoms with E-state index >= 15 is 0 Å². The molecule has 0 heterocycles. The van der Waals surface area contributed by atoms with Gasteiger partial charge in [-0.2, -0.15) is 0 Å². The fourth-order valence-electron chi connectivity index (χ4n) is 0.859. The van der Waals surface area contributed by atoms with Crippen LogP contribution in [0, 0.1) is 11.8 Å². The van der Waals surface area contributed by atoms with E-state index in [-0.39, 0.29) is 0 Å². The second-order valence-electron chi connectivity index (χ2n) is 4.12. The van der Waals surface area contributed by atoms with Gasteiger partial charge in [-0.25, -0.2) is 0 Å². The van der Waals surface area contributed by atoms with Crippen molar-refractivity contribution in [3.05, 3.63) is 24.3 Å². The molecule has 0 amide bonds. The van der Waals surface area contributed by atoms with Gasteiger partial charge in [0.05, 0.1) is 0 Å². The second kappa shape index (κ2) is 7.15. The van der Waals surface area contributed by atoms with Crippen molar-refractivity contribution in [2.75, 3.05) is 0 Å². The molecule has 0 aromatic rings. The van der Waals surface area contributed by atoms with Crippen molar-refractivity contribution >= 4 is 0 Å². The maximum atomic E-state index is 2.24. The third-order valence-electron chi connectivity index (χ3n) is 1.60. The van der Waals surface area contributed by atoms with Crippen LogP contribution in [0.25, 0.3) is 0 Å². The fraction of sp³-hybridized carbons (Fsp3) is 0.667. The van der Waals surface area contributed by atoms with Crippen LogP contribution in [0.4, 0.5) is 0 Å². The molecule has 0 aromatic heterocycles. The lowest BCUT2D eigenvalue weighted by atomic mass is 10.1. The number of hydrogen-bond acceptors (Lipinski definition) is 0. The summed E-state index contributed by atoms with van der Waals surface area (Å²) >= 11 is 0. The molecule has 0 saturated carbocycles. The molecule has 0 nitrogen and oxygen atoms in total. The summed E-state index contributed by atoms with van der Waals surface area (Å²) in [6, 6.07) is 0. The van der Waals surface area contributed by atoms with Gasteiger partial charge < -0.3 is 0 Å². The van der Waals surface area contributed by atoms with Gasteiger partial charge in [-0.15, -0.1) is 0 Å². The van der Waals surface area contributed by atoms with Crippen LogP contribution >= 0.6 is 0 Å². The Labute approximate surface area is 77.4 Å². The van der Waals surface area contributed by atoms with Crippen LogP contribution in [0.2, 0.25) is 0 Å². The summed E-state index contributed by atoms with van der Waals surface area (Å²) in [6.45, 7) is 8.95. The topological polar surface area (TPSA) is 0 Å². The molecule has 0 aliphatic heterocycles. The van der Waals surface area contributed by atoms with Crippen molar-refractivity contribution in [3.8, 4) is 0 Å². The Kier molecular flexibility index (Phi) is 6.84. The average Bonchev–Trinajstić information content (AvgIpc) is 1.95. The number of hydrogen-bond donors (Lipinski definition) is 0. The monoisotopic (exact) mass is 166 g/mol. The molecular weight excluding hydrogens is 144 g/mol. The minimum atomic E-state index is 0.778. The molecule has 0 saturated heterocycles. The van der Waals surface area contributed by atoms with Crippen molar-refractivity contribution in [3.63, 3.8) is 0 Å². The Morgan fingerprint density at radius 1 is 0.750 bits per heavy atom. The van der Waals surface area contributed by atoms with Crippen LogP contribution in [0.15, 0.2) is 24.3 Å². The van der Waals surface area contributed by atoms with Crippen LogP contribution < -0.4 is 0 Å². The zero-order valence-corrected chi connectivity index (χ0v) is 8.88. The highest BCUT2D eigenvalue weighted by Gasteiger charge is 1.86. The Morgan fingerprint density at radius 2 is 1.08 bits per heavy atom. The minimum Gasteiger partial charge on any atom is -0.0843 e. The van der Waals surface area contributed by atoms with Crippen molar-refractivity contribution in [1.82, 2.24) is 0 Å². The fourth-order valence-corrected chi connectivity index (χ4v) is 0.859. The van der Waals surface area contributed by atoms with E-state index in [1.165, 1.54) is 12.8 Å². The van der Waals surface area contributed by atoms with Gasteiger partial charge in [0.2, 0.25) is 0 Å². The van der Waals surface area contributed by atoms with Crippen molar-refractivity contribution in [1.29, 1.82) is 0 Å². The standard InChI is InChI=1S/C12H22/c1-11(2)9-7-5-6-8-10-12(3)4/h5-8,11-12H,9-10H2,1-4H3/b7-5-,8-6-. The maximum Gasteiger partial charge on any atom is -0.0324 e. The molecule has 0 unspecified atom stereocenters. The maximum absolute atomic E-state index is 2.24. The van der Waals surface area contributed by atoms with Gasteiger partial charge in [-0.3, -0.25) is 0 Å². The SMILES string of the molecule is CC(C)C/C=C\C=C/CC(C)C. The van der Waals surface area contributed by atoms with Crippen molar-refractivity contribution in [2.45, 2.75) is 40.5 Å². The molecular formula is C12H22. The van der Waals surface area contributed by atoms with Crippen molar-refractivity contribution in [2.24, 2.45) is 11.8 Å². The van der Waals surface area contributed by atoms with Gasteiger partial charge in [0.25, 0.3) is 0 Å². The first kappa shape index (κ1) is 11.5. The van der Waals surface area contributed by atoms with Gasteiger partial charge in [0, 0.05) is 0 Å². The van der Waals surface area contributed by atoms with Crippen molar-refractivity contribution < 1.29 is 0 Å². The van der Waals surface area contributed by atoms with E-state index in [1.807, 2.05) is 0 Å². The van der Waals surface area contributed by atoms with E-state index in [0.29, 0.717) is 0 Å². The second-order valence-corrected chi connectivity index (χ2v) is 4.12.